The van der Waals surface area contributed by atoms with Gasteiger partial charge in [0.05, 0.1) is 12.7 Å². The van der Waals surface area contributed by atoms with Crippen molar-refractivity contribution in [3.63, 3.8) is 0 Å². The van der Waals surface area contributed by atoms with Gasteiger partial charge < -0.3 is 10.1 Å². The summed E-state index contributed by atoms with van der Waals surface area (Å²) < 4.78 is 5.71. The molecular weight excluding hydrogens is 188 g/mol. The molecule has 1 saturated heterocycles. The highest BCUT2D eigenvalue weighted by atomic mass is 16.5. The van der Waals surface area contributed by atoms with Crippen LogP contribution in [-0.4, -0.2) is 50.3 Å². The minimum absolute atomic E-state index is 0.481. The molecule has 0 aromatic heterocycles. The van der Waals surface area contributed by atoms with Crippen LogP contribution in [0.2, 0.25) is 0 Å². The lowest BCUT2D eigenvalue weighted by molar-refractivity contribution is -0.0700. The summed E-state index contributed by atoms with van der Waals surface area (Å²) in [5, 5.41) is 3.31. The highest BCUT2D eigenvalue weighted by Gasteiger charge is 2.36. The van der Waals surface area contributed by atoms with Gasteiger partial charge in [0.2, 0.25) is 0 Å². The summed E-state index contributed by atoms with van der Waals surface area (Å²) in [6, 6.07) is 0.829. The Morgan fingerprint density at radius 2 is 2.27 bits per heavy atom. The molecule has 3 nitrogen and oxygen atoms in total. The second-order valence-corrected chi connectivity index (χ2v) is 4.86. The Hall–Kier alpha value is -0.120. The molecule has 0 spiro atoms. The zero-order chi connectivity index (χ0) is 10.7. The van der Waals surface area contributed by atoms with Crippen molar-refractivity contribution >= 4 is 0 Å². The molecule has 3 atom stereocenters. The van der Waals surface area contributed by atoms with E-state index in [1.165, 1.54) is 19.4 Å². The number of hydrogen-bond donors (Lipinski definition) is 1. The van der Waals surface area contributed by atoms with Gasteiger partial charge in [-0.3, -0.25) is 4.90 Å². The molecule has 0 bridgehead atoms. The molecule has 3 unspecified atom stereocenters. The molecule has 1 N–H and O–H groups in total. The first-order valence-corrected chi connectivity index (χ1v) is 6.35. The van der Waals surface area contributed by atoms with Crippen molar-refractivity contribution in [2.45, 2.75) is 38.3 Å². The van der Waals surface area contributed by atoms with Gasteiger partial charge in [-0.2, -0.15) is 0 Å². The molecule has 1 saturated carbocycles. The number of nitrogens with zero attached hydrogens (tertiary/aromatic N) is 1. The van der Waals surface area contributed by atoms with Crippen LogP contribution in [0.5, 0.6) is 0 Å². The van der Waals surface area contributed by atoms with Gasteiger partial charge in [-0.05, 0) is 38.8 Å². The predicted octanol–water partition coefficient (Wildman–Crippen LogP) is 1.10. The molecule has 1 aliphatic carbocycles. The average Bonchev–Trinajstić information content (AvgIpc) is 2.25. The normalized spacial score (nSPS) is 37.6. The monoisotopic (exact) mass is 212 g/mol. The van der Waals surface area contributed by atoms with Crippen LogP contribution < -0.4 is 5.32 Å². The third kappa shape index (κ3) is 2.52. The molecule has 2 aliphatic rings. The second-order valence-electron chi connectivity index (χ2n) is 4.86. The Labute approximate surface area is 93.2 Å². The predicted molar refractivity (Wildman–Crippen MR) is 62.0 cm³/mol. The third-order valence-electron chi connectivity index (χ3n) is 3.94. The lowest BCUT2D eigenvalue weighted by atomic mass is 9.78. The molecule has 3 heteroatoms. The molecule has 0 amide bonds. The van der Waals surface area contributed by atoms with Crippen molar-refractivity contribution in [3.8, 4) is 0 Å². The summed E-state index contributed by atoms with van der Waals surface area (Å²) in [6.07, 6.45) is 4.43. The standard InChI is InChI=1S/C12H24N2O/c1-3-11-9-14(6-7-15-11)12-5-4-10(12)8-13-2/h10-13H,3-9H2,1-2H3. The van der Waals surface area contributed by atoms with E-state index >= 15 is 0 Å². The second kappa shape index (κ2) is 5.28. The van der Waals surface area contributed by atoms with E-state index in [0.717, 1.165) is 38.1 Å². The van der Waals surface area contributed by atoms with Crippen LogP contribution in [0, 0.1) is 5.92 Å². The molecule has 2 rings (SSSR count). The maximum atomic E-state index is 5.71. The Balaban J connectivity index is 1.82. The first-order valence-electron chi connectivity index (χ1n) is 6.35. The summed E-state index contributed by atoms with van der Waals surface area (Å²) >= 11 is 0. The summed E-state index contributed by atoms with van der Waals surface area (Å²) in [5.41, 5.74) is 0. The Morgan fingerprint density at radius 1 is 1.40 bits per heavy atom. The minimum atomic E-state index is 0.481. The van der Waals surface area contributed by atoms with E-state index in [2.05, 4.69) is 24.2 Å². The van der Waals surface area contributed by atoms with Gasteiger partial charge in [0, 0.05) is 19.1 Å². The zero-order valence-electron chi connectivity index (χ0n) is 10.0. The van der Waals surface area contributed by atoms with Gasteiger partial charge in [-0.25, -0.2) is 0 Å². The van der Waals surface area contributed by atoms with Gasteiger partial charge in [0.15, 0.2) is 0 Å². The molecule has 15 heavy (non-hydrogen) atoms. The van der Waals surface area contributed by atoms with Gasteiger partial charge in [0.25, 0.3) is 0 Å². The lowest BCUT2D eigenvalue weighted by Crippen LogP contribution is -2.55. The summed E-state index contributed by atoms with van der Waals surface area (Å²) in [4.78, 5) is 2.66. The average molecular weight is 212 g/mol. The smallest absolute Gasteiger partial charge is 0.0700 e. The van der Waals surface area contributed by atoms with Crippen LogP contribution in [0.15, 0.2) is 0 Å². The van der Waals surface area contributed by atoms with Gasteiger partial charge in [0.1, 0.15) is 0 Å². The SMILES string of the molecule is CCC1CN(C2CCC2CNC)CCO1. The van der Waals surface area contributed by atoms with Gasteiger partial charge >= 0.3 is 0 Å². The molecule has 1 heterocycles. The van der Waals surface area contributed by atoms with E-state index < -0.39 is 0 Å². The maximum Gasteiger partial charge on any atom is 0.0700 e. The maximum absolute atomic E-state index is 5.71. The van der Waals surface area contributed by atoms with Crippen LogP contribution in [-0.2, 0) is 4.74 Å². The van der Waals surface area contributed by atoms with E-state index in [1.54, 1.807) is 0 Å². The van der Waals surface area contributed by atoms with Crippen molar-refractivity contribution in [1.29, 1.82) is 0 Å². The van der Waals surface area contributed by atoms with E-state index in [-0.39, 0.29) is 0 Å². The van der Waals surface area contributed by atoms with Crippen LogP contribution >= 0.6 is 0 Å². The Morgan fingerprint density at radius 3 is 2.87 bits per heavy atom. The quantitative estimate of drug-likeness (QED) is 0.755. The highest BCUT2D eigenvalue weighted by Crippen LogP contribution is 2.32. The van der Waals surface area contributed by atoms with Crippen molar-refractivity contribution in [1.82, 2.24) is 10.2 Å². The van der Waals surface area contributed by atoms with Crippen molar-refractivity contribution < 1.29 is 4.74 Å². The van der Waals surface area contributed by atoms with Gasteiger partial charge in [-0.15, -0.1) is 0 Å². The molecule has 0 aromatic rings. The molecular formula is C12H24N2O. The van der Waals surface area contributed by atoms with Gasteiger partial charge in [-0.1, -0.05) is 6.92 Å². The fraction of sp³-hybridized carbons (Fsp3) is 1.00. The first kappa shape index (κ1) is 11.4. The molecule has 0 aromatic carbocycles. The van der Waals surface area contributed by atoms with E-state index in [9.17, 15) is 0 Å². The number of hydrogen-bond acceptors (Lipinski definition) is 3. The fourth-order valence-electron chi connectivity index (χ4n) is 2.82. The molecule has 0 radical (unpaired) electrons. The summed E-state index contributed by atoms with van der Waals surface area (Å²) in [5.74, 6) is 0.880. The topological polar surface area (TPSA) is 24.5 Å². The number of ether oxygens (including phenoxy) is 1. The molecule has 1 aliphatic heterocycles. The van der Waals surface area contributed by atoms with Crippen molar-refractivity contribution in [3.05, 3.63) is 0 Å². The Bertz CT molecular complexity index is 198. The highest BCUT2D eigenvalue weighted by molar-refractivity contribution is 4.91. The molecule has 88 valence electrons. The van der Waals surface area contributed by atoms with Crippen molar-refractivity contribution in [2.24, 2.45) is 5.92 Å². The van der Waals surface area contributed by atoms with E-state index in [0.29, 0.717) is 6.10 Å². The summed E-state index contributed by atoms with van der Waals surface area (Å²) in [6.45, 7) is 6.63. The number of rotatable bonds is 4. The van der Waals surface area contributed by atoms with Crippen LogP contribution in [0.4, 0.5) is 0 Å². The largest absolute Gasteiger partial charge is 0.376 e. The first-order chi connectivity index (χ1) is 7.35. The Kier molecular flexibility index (Phi) is 4.00. The zero-order valence-corrected chi connectivity index (χ0v) is 10.0. The summed E-state index contributed by atoms with van der Waals surface area (Å²) in [7, 11) is 2.06. The van der Waals surface area contributed by atoms with E-state index in [4.69, 9.17) is 4.74 Å². The van der Waals surface area contributed by atoms with E-state index in [1.807, 2.05) is 0 Å². The third-order valence-corrected chi connectivity index (χ3v) is 3.94. The molecule has 2 fully saturated rings. The number of morpholine rings is 1. The van der Waals surface area contributed by atoms with Crippen LogP contribution in [0.1, 0.15) is 26.2 Å². The fourth-order valence-corrected chi connectivity index (χ4v) is 2.82. The minimum Gasteiger partial charge on any atom is -0.376 e. The number of nitrogens with one attached hydrogen (secondary N) is 1. The van der Waals surface area contributed by atoms with Crippen LogP contribution in [0.25, 0.3) is 0 Å². The lowest BCUT2D eigenvalue weighted by Gasteiger charge is -2.47. The van der Waals surface area contributed by atoms with Crippen LogP contribution in [0.3, 0.4) is 0 Å². The van der Waals surface area contributed by atoms with Crippen molar-refractivity contribution in [2.75, 3.05) is 33.3 Å².